The van der Waals surface area contributed by atoms with Gasteiger partial charge in [0.15, 0.2) is 12.0 Å². The van der Waals surface area contributed by atoms with Crippen LogP contribution in [0.5, 0.6) is 0 Å². The number of hydrogen-bond acceptors (Lipinski definition) is 2. The fourth-order valence-corrected chi connectivity index (χ4v) is 3.39. The van der Waals surface area contributed by atoms with Gasteiger partial charge in [0.2, 0.25) is 0 Å². The molecule has 1 aromatic carbocycles. The van der Waals surface area contributed by atoms with Gasteiger partial charge in [-0.25, -0.2) is 14.1 Å². The van der Waals surface area contributed by atoms with E-state index < -0.39 is 6.17 Å². The van der Waals surface area contributed by atoms with Crippen LogP contribution in [0.2, 0.25) is 0 Å². The minimum absolute atomic E-state index is 0.0209. The second-order valence-corrected chi connectivity index (χ2v) is 6.86. The minimum atomic E-state index is -1.01. The molecule has 6 heteroatoms. The highest BCUT2D eigenvalue weighted by Crippen LogP contribution is 2.45. The van der Waals surface area contributed by atoms with Crippen molar-refractivity contribution in [2.75, 3.05) is 0 Å². The molecule has 1 aliphatic carbocycles. The molecule has 0 spiro atoms. The van der Waals surface area contributed by atoms with E-state index in [4.69, 9.17) is 5.10 Å². The van der Waals surface area contributed by atoms with Crippen LogP contribution in [0.15, 0.2) is 30.3 Å². The highest BCUT2D eigenvalue weighted by atomic mass is 19.1. The summed E-state index contributed by atoms with van der Waals surface area (Å²) in [6, 6.07) is 10.0. The molecule has 2 aliphatic rings. The summed E-state index contributed by atoms with van der Waals surface area (Å²) in [4.78, 5) is 4.56. The molecule has 1 fully saturated rings. The SMILES string of the molecule is BC(B)(c1nc2n(n1)[C@H](c1ccccc1)C[C@@H]2F)C1CC1. The molecule has 2 heterocycles. The lowest BCUT2D eigenvalue weighted by atomic mass is 9.51. The van der Waals surface area contributed by atoms with E-state index in [0.717, 1.165) is 11.4 Å². The monoisotopic (exact) mass is 281 g/mol. The molecule has 106 valence electrons. The Morgan fingerprint density at radius 3 is 2.57 bits per heavy atom. The summed E-state index contributed by atoms with van der Waals surface area (Å²) >= 11 is 0. The third kappa shape index (κ3) is 2.03. The highest BCUT2D eigenvalue weighted by Gasteiger charge is 2.44. The van der Waals surface area contributed by atoms with Gasteiger partial charge in [0, 0.05) is 6.42 Å². The van der Waals surface area contributed by atoms with E-state index >= 15 is 0 Å². The van der Waals surface area contributed by atoms with Gasteiger partial charge in [-0.1, -0.05) is 43.2 Å². The average Bonchev–Trinajstić information content (AvgIpc) is 3.17. The van der Waals surface area contributed by atoms with Crippen LogP contribution in [0.1, 0.15) is 48.7 Å². The fourth-order valence-electron chi connectivity index (χ4n) is 3.39. The fraction of sp³-hybridized carbons (Fsp3) is 0.467. The minimum Gasteiger partial charge on any atom is -0.239 e. The molecule has 1 aromatic heterocycles. The molecule has 2 atom stereocenters. The first kappa shape index (κ1) is 13.1. The lowest BCUT2D eigenvalue weighted by Gasteiger charge is -2.20. The number of fused-ring (bicyclic) bond motifs is 1. The third-order valence-corrected chi connectivity index (χ3v) is 5.02. The lowest BCUT2D eigenvalue weighted by molar-refractivity contribution is 0.327. The zero-order chi connectivity index (χ0) is 14.6. The van der Waals surface area contributed by atoms with Gasteiger partial charge in [0.05, 0.1) is 6.04 Å². The van der Waals surface area contributed by atoms with Gasteiger partial charge in [-0.15, -0.1) is 0 Å². The summed E-state index contributed by atoms with van der Waals surface area (Å²) in [7, 11) is 4.36. The molecule has 0 N–H and O–H groups in total. The molecule has 3 nitrogen and oxygen atoms in total. The Morgan fingerprint density at radius 1 is 1.19 bits per heavy atom. The van der Waals surface area contributed by atoms with Crippen molar-refractivity contribution >= 4 is 15.7 Å². The van der Waals surface area contributed by atoms with Crippen molar-refractivity contribution in [1.29, 1.82) is 0 Å². The molecule has 0 unspecified atom stereocenters. The van der Waals surface area contributed by atoms with E-state index in [1.165, 1.54) is 12.8 Å². The van der Waals surface area contributed by atoms with Crippen molar-refractivity contribution < 1.29 is 4.39 Å². The number of rotatable bonds is 3. The predicted octanol–water partition coefficient (Wildman–Crippen LogP) is 1.11. The zero-order valence-corrected chi connectivity index (χ0v) is 12.5. The standard InChI is InChI=1S/C15H18B2FN3/c16-15(17,10-6-7-10)14-19-13-11(18)8-12(21(13)20-14)9-4-2-1-3-5-9/h1-5,10-12H,6-8,16-17H2/t11-,12-/m0/s1. The summed E-state index contributed by atoms with van der Waals surface area (Å²) < 4.78 is 16.2. The van der Waals surface area contributed by atoms with Crippen LogP contribution in [0.25, 0.3) is 0 Å². The van der Waals surface area contributed by atoms with Crippen molar-refractivity contribution in [3.05, 3.63) is 47.5 Å². The maximum Gasteiger partial charge on any atom is 0.162 e. The maximum atomic E-state index is 14.3. The molecule has 2 aromatic rings. The average molecular weight is 281 g/mol. The number of halogens is 1. The molecular weight excluding hydrogens is 263 g/mol. The number of alkyl halides is 1. The van der Waals surface area contributed by atoms with Crippen molar-refractivity contribution in [3.63, 3.8) is 0 Å². The molecule has 0 bridgehead atoms. The first-order valence-electron chi connectivity index (χ1n) is 7.73. The highest BCUT2D eigenvalue weighted by molar-refractivity contribution is 6.40. The normalized spacial score (nSPS) is 25.0. The van der Waals surface area contributed by atoms with Crippen LogP contribution >= 0.6 is 0 Å². The smallest absolute Gasteiger partial charge is 0.162 e. The van der Waals surface area contributed by atoms with E-state index in [1.807, 2.05) is 35.0 Å². The van der Waals surface area contributed by atoms with Crippen molar-refractivity contribution in [2.24, 2.45) is 5.92 Å². The van der Waals surface area contributed by atoms with Crippen LogP contribution in [0.4, 0.5) is 4.39 Å². The summed E-state index contributed by atoms with van der Waals surface area (Å²) in [5, 5.41) is 4.65. The summed E-state index contributed by atoms with van der Waals surface area (Å²) in [6.45, 7) is 0. The Hall–Kier alpha value is -1.58. The van der Waals surface area contributed by atoms with Crippen molar-refractivity contribution in [3.8, 4) is 0 Å². The van der Waals surface area contributed by atoms with Crippen molar-refractivity contribution in [2.45, 2.75) is 36.7 Å². The van der Waals surface area contributed by atoms with E-state index in [1.54, 1.807) is 0 Å². The first-order valence-corrected chi connectivity index (χ1v) is 7.73. The van der Waals surface area contributed by atoms with Crippen molar-refractivity contribution in [1.82, 2.24) is 14.8 Å². The predicted molar refractivity (Wildman–Crippen MR) is 84.6 cm³/mol. The third-order valence-electron chi connectivity index (χ3n) is 5.02. The largest absolute Gasteiger partial charge is 0.239 e. The Bertz CT molecular complexity index is 667. The maximum absolute atomic E-state index is 14.3. The molecule has 0 amide bonds. The van der Waals surface area contributed by atoms with Crippen LogP contribution in [0, 0.1) is 5.92 Å². The van der Waals surface area contributed by atoms with E-state index in [-0.39, 0.29) is 11.3 Å². The lowest BCUT2D eigenvalue weighted by Crippen LogP contribution is -2.31. The first-order chi connectivity index (χ1) is 10.1. The second kappa shape index (κ2) is 4.46. The molecule has 21 heavy (non-hydrogen) atoms. The molecule has 0 radical (unpaired) electrons. The number of nitrogens with zero attached hydrogens (tertiary/aromatic N) is 3. The van der Waals surface area contributed by atoms with Gasteiger partial charge in [0.1, 0.15) is 21.5 Å². The summed E-state index contributed by atoms with van der Waals surface area (Å²) in [6.07, 6.45) is 1.91. The Labute approximate surface area is 125 Å². The second-order valence-electron chi connectivity index (χ2n) is 6.86. The van der Waals surface area contributed by atoms with Gasteiger partial charge < -0.3 is 0 Å². The van der Waals surface area contributed by atoms with Crippen LogP contribution < -0.4 is 0 Å². The van der Waals surface area contributed by atoms with Gasteiger partial charge >= 0.3 is 0 Å². The quantitative estimate of drug-likeness (QED) is 0.789. The Kier molecular flexibility index (Phi) is 2.78. The van der Waals surface area contributed by atoms with E-state index in [9.17, 15) is 4.39 Å². The Balaban J connectivity index is 1.74. The van der Waals surface area contributed by atoms with Gasteiger partial charge in [0.25, 0.3) is 0 Å². The molecular formula is C15H18B2FN3. The Morgan fingerprint density at radius 2 is 1.90 bits per heavy atom. The topological polar surface area (TPSA) is 30.7 Å². The van der Waals surface area contributed by atoms with Crippen LogP contribution in [0.3, 0.4) is 0 Å². The molecule has 1 saturated carbocycles. The van der Waals surface area contributed by atoms with Gasteiger partial charge in [-0.05, 0) is 16.7 Å². The number of benzene rings is 1. The zero-order valence-electron chi connectivity index (χ0n) is 12.5. The van der Waals surface area contributed by atoms with Gasteiger partial charge in [-0.3, -0.25) is 0 Å². The summed E-state index contributed by atoms with van der Waals surface area (Å²) in [5.41, 5.74) is 1.11. The van der Waals surface area contributed by atoms with E-state index in [2.05, 4.69) is 20.7 Å². The molecule has 0 saturated heterocycles. The molecule has 4 rings (SSSR count). The van der Waals surface area contributed by atoms with Gasteiger partial charge in [-0.2, -0.15) is 5.10 Å². The number of hydrogen-bond donors (Lipinski definition) is 0. The van der Waals surface area contributed by atoms with Crippen LogP contribution in [-0.4, -0.2) is 30.5 Å². The van der Waals surface area contributed by atoms with E-state index in [0.29, 0.717) is 18.2 Å². The number of aromatic nitrogens is 3. The summed E-state index contributed by atoms with van der Waals surface area (Å²) in [5.74, 6) is 1.96. The van der Waals surface area contributed by atoms with Crippen LogP contribution in [-0.2, 0) is 5.21 Å². The molecule has 1 aliphatic heterocycles.